The van der Waals surface area contributed by atoms with Gasteiger partial charge in [0.05, 0.1) is 6.54 Å². The number of likely N-dealkylation sites (N-methyl/N-ethyl adjacent to an activating group) is 1. The first kappa shape index (κ1) is 15.4. The van der Waals surface area contributed by atoms with E-state index in [2.05, 4.69) is 31.0 Å². The second-order valence-electron chi connectivity index (χ2n) is 4.42. The van der Waals surface area contributed by atoms with E-state index in [9.17, 15) is 4.79 Å². The molecule has 0 radical (unpaired) electrons. The lowest BCUT2D eigenvalue weighted by molar-refractivity contribution is -0.123. The van der Waals surface area contributed by atoms with Gasteiger partial charge in [-0.3, -0.25) is 9.69 Å². The summed E-state index contributed by atoms with van der Waals surface area (Å²) in [5, 5.41) is 2.90. The van der Waals surface area contributed by atoms with E-state index in [0.29, 0.717) is 13.1 Å². The quantitative estimate of drug-likeness (QED) is 0.652. The van der Waals surface area contributed by atoms with Crippen molar-refractivity contribution in [2.75, 3.05) is 26.2 Å². The van der Waals surface area contributed by atoms with Gasteiger partial charge in [-0.1, -0.05) is 20.8 Å². The summed E-state index contributed by atoms with van der Waals surface area (Å²) in [6, 6.07) is 0. The zero-order valence-electron chi connectivity index (χ0n) is 11.2. The zero-order valence-corrected chi connectivity index (χ0v) is 11.2. The van der Waals surface area contributed by atoms with E-state index in [1.54, 1.807) is 0 Å². The molecule has 0 saturated carbocycles. The van der Waals surface area contributed by atoms with Crippen LogP contribution in [0.25, 0.3) is 0 Å². The summed E-state index contributed by atoms with van der Waals surface area (Å²) in [5.74, 6) is 0.0943. The smallest absolute Gasteiger partial charge is 0.234 e. The van der Waals surface area contributed by atoms with Crippen LogP contribution in [0.1, 0.15) is 40.5 Å². The first-order valence-electron chi connectivity index (χ1n) is 6.25. The Morgan fingerprint density at radius 2 is 2.00 bits per heavy atom. The summed E-state index contributed by atoms with van der Waals surface area (Å²) in [6.07, 6.45) is 1.93. The zero-order chi connectivity index (χ0) is 12.6. The minimum absolute atomic E-state index is 0.0711. The number of nitrogens with zero attached hydrogens (tertiary/aromatic N) is 1. The molecule has 0 aromatic rings. The third-order valence-corrected chi connectivity index (χ3v) is 3.25. The second-order valence-corrected chi connectivity index (χ2v) is 4.42. The molecule has 1 unspecified atom stereocenters. The summed E-state index contributed by atoms with van der Waals surface area (Å²) < 4.78 is 0. The molecule has 0 aliphatic carbocycles. The first-order valence-corrected chi connectivity index (χ1v) is 6.25. The number of nitrogens with one attached hydrogen (secondary N) is 1. The lowest BCUT2D eigenvalue weighted by Crippen LogP contribution is -2.54. The lowest BCUT2D eigenvalue weighted by Gasteiger charge is -2.39. The first-order chi connectivity index (χ1) is 7.53. The monoisotopic (exact) mass is 229 g/mol. The van der Waals surface area contributed by atoms with Crippen molar-refractivity contribution in [3.05, 3.63) is 0 Å². The molecule has 1 amide bonds. The number of carbonyl (C=O) groups is 1. The average molecular weight is 229 g/mol. The minimum atomic E-state index is -0.0711. The molecule has 0 aliphatic heterocycles. The van der Waals surface area contributed by atoms with Crippen molar-refractivity contribution >= 4 is 5.91 Å². The number of hydrogen-bond donors (Lipinski definition) is 2. The van der Waals surface area contributed by atoms with E-state index in [1.165, 1.54) is 0 Å². The molecule has 96 valence electrons. The Bertz CT molecular complexity index is 202. The van der Waals surface area contributed by atoms with Gasteiger partial charge in [-0.2, -0.15) is 0 Å². The van der Waals surface area contributed by atoms with Crippen LogP contribution in [0, 0.1) is 0 Å². The Balaban J connectivity index is 4.33. The summed E-state index contributed by atoms with van der Waals surface area (Å²) in [5.41, 5.74) is 5.73. The van der Waals surface area contributed by atoms with Gasteiger partial charge in [-0.15, -0.1) is 0 Å². The molecule has 1 atom stereocenters. The minimum Gasteiger partial charge on any atom is -0.355 e. The van der Waals surface area contributed by atoms with Crippen LogP contribution in [0.15, 0.2) is 0 Å². The Labute approximate surface area is 99.6 Å². The van der Waals surface area contributed by atoms with Crippen molar-refractivity contribution < 1.29 is 4.79 Å². The summed E-state index contributed by atoms with van der Waals surface area (Å²) in [4.78, 5) is 13.8. The SMILES string of the molecule is CCCNC(=O)CN(CC)C(C)(CC)CN. The van der Waals surface area contributed by atoms with Crippen molar-refractivity contribution in [1.29, 1.82) is 0 Å². The van der Waals surface area contributed by atoms with E-state index in [1.807, 2.05) is 6.92 Å². The fourth-order valence-electron chi connectivity index (χ4n) is 1.68. The van der Waals surface area contributed by atoms with Gasteiger partial charge in [-0.05, 0) is 26.3 Å². The molecule has 4 nitrogen and oxygen atoms in total. The third kappa shape index (κ3) is 4.49. The van der Waals surface area contributed by atoms with Gasteiger partial charge in [0.25, 0.3) is 0 Å². The molecule has 4 heteroatoms. The van der Waals surface area contributed by atoms with Crippen LogP contribution in [0.4, 0.5) is 0 Å². The fourth-order valence-corrected chi connectivity index (χ4v) is 1.68. The van der Waals surface area contributed by atoms with E-state index in [0.717, 1.165) is 25.9 Å². The average Bonchev–Trinajstić information content (AvgIpc) is 2.32. The van der Waals surface area contributed by atoms with Crippen LogP contribution < -0.4 is 11.1 Å². The number of carbonyl (C=O) groups excluding carboxylic acids is 1. The second kappa shape index (κ2) is 7.63. The van der Waals surface area contributed by atoms with Crippen molar-refractivity contribution in [1.82, 2.24) is 10.2 Å². The molecule has 0 aromatic heterocycles. The Kier molecular flexibility index (Phi) is 7.34. The third-order valence-electron chi connectivity index (χ3n) is 3.25. The molecule has 3 N–H and O–H groups in total. The number of rotatable bonds is 8. The molecular weight excluding hydrogens is 202 g/mol. The molecule has 0 bridgehead atoms. The van der Waals surface area contributed by atoms with Crippen molar-refractivity contribution in [3.63, 3.8) is 0 Å². The highest BCUT2D eigenvalue weighted by Crippen LogP contribution is 2.17. The number of hydrogen-bond acceptors (Lipinski definition) is 3. The lowest BCUT2D eigenvalue weighted by atomic mass is 9.96. The number of nitrogens with two attached hydrogens (primary N) is 1. The predicted octanol–water partition coefficient (Wildman–Crippen LogP) is 0.962. The topological polar surface area (TPSA) is 58.4 Å². The highest BCUT2D eigenvalue weighted by molar-refractivity contribution is 5.78. The normalized spacial score (nSPS) is 14.9. The number of amides is 1. The summed E-state index contributed by atoms with van der Waals surface area (Å²) >= 11 is 0. The highest BCUT2D eigenvalue weighted by Gasteiger charge is 2.28. The van der Waals surface area contributed by atoms with Crippen LogP contribution >= 0.6 is 0 Å². The van der Waals surface area contributed by atoms with Gasteiger partial charge < -0.3 is 11.1 Å². The van der Waals surface area contributed by atoms with Gasteiger partial charge in [0.2, 0.25) is 5.91 Å². The van der Waals surface area contributed by atoms with Crippen LogP contribution in [0.3, 0.4) is 0 Å². The van der Waals surface area contributed by atoms with E-state index >= 15 is 0 Å². The van der Waals surface area contributed by atoms with Crippen LogP contribution in [0.5, 0.6) is 0 Å². The van der Waals surface area contributed by atoms with Crippen LogP contribution in [-0.4, -0.2) is 42.5 Å². The molecule has 0 rings (SSSR count). The fraction of sp³-hybridized carbons (Fsp3) is 0.917. The largest absolute Gasteiger partial charge is 0.355 e. The van der Waals surface area contributed by atoms with Gasteiger partial charge in [0, 0.05) is 18.6 Å². The van der Waals surface area contributed by atoms with E-state index in [4.69, 9.17) is 5.73 Å². The Morgan fingerprint density at radius 1 is 1.38 bits per heavy atom. The van der Waals surface area contributed by atoms with E-state index < -0.39 is 0 Å². The standard InChI is InChI=1S/C12H27N3O/c1-5-8-14-11(16)9-15(7-3)12(4,6-2)10-13/h5-10,13H2,1-4H3,(H,14,16). The van der Waals surface area contributed by atoms with Gasteiger partial charge >= 0.3 is 0 Å². The maximum absolute atomic E-state index is 11.7. The molecule has 0 aromatic carbocycles. The van der Waals surface area contributed by atoms with Gasteiger partial charge in [-0.25, -0.2) is 0 Å². The maximum Gasteiger partial charge on any atom is 0.234 e. The molecule has 0 fully saturated rings. The highest BCUT2D eigenvalue weighted by atomic mass is 16.2. The molecule has 0 aliphatic rings. The van der Waals surface area contributed by atoms with Crippen molar-refractivity contribution in [3.8, 4) is 0 Å². The van der Waals surface area contributed by atoms with Crippen LogP contribution in [0.2, 0.25) is 0 Å². The van der Waals surface area contributed by atoms with E-state index in [-0.39, 0.29) is 11.4 Å². The Hall–Kier alpha value is -0.610. The maximum atomic E-state index is 11.7. The molecule has 0 spiro atoms. The Morgan fingerprint density at radius 3 is 2.38 bits per heavy atom. The van der Waals surface area contributed by atoms with Crippen LogP contribution in [-0.2, 0) is 4.79 Å². The summed E-state index contributed by atoms with van der Waals surface area (Å²) in [6.45, 7) is 11.0. The molecule has 16 heavy (non-hydrogen) atoms. The van der Waals surface area contributed by atoms with Gasteiger partial charge in [0.1, 0.15) is 0 Å². The predicted molar refractivity (Wildman–Crippen MR) is 68.3 cm³/mol. The molecule has 0 heterocycles. The van der Waals surface area contributed by atoms with Gasteiger partial charge in [0.15, 0.2) is 0 Å². The molecular formula is C12H27N3O. The van der Waals surface area contributed by atoms with Crippen molar-refractivity contribution in [2.45, 2.75) is 46.1 Å². The summed E-state index contributed by atoms with van der Waals surface area (Å²) in [7, 11) is 0. The van der Waals surface area contributed by atoms with Crippen molar-refractivity contribution in [2.24, 2.45) is 5.73 Å². The molecule has 0 saturated heterocycles.